The molecule has 0 spiro atoms. The molecule has 0 aliphatic carbocycles. The quantitative estimate of drug-likeness (QED) is 0.391. The lowest BCUT2D eigenvalue weighted by molar-refractivity contribution is -0.122. The first-order chi connectivity index (χ1) is 18.1. The normalized spacial score (nSPS) is 15.6. The molecule has 1 aliphatic rings. The van der Waals surface area contributed by atoms with Crippen molar-refractivity contribution in [3.05, 3.63) is 95.8 Å². The molecule has 3 aromatic carbocycles. The van der Waals surface area contributed by atoms with Crippen LogP contribution in [0.15, 0.2) is 88.7 Å². The van der Waals surface area contributed by atoms with Crippen molar-refractivity contribution in [2.24, 2.45) is 0 Å². The molecule has 1 atom stereocenters. The summed E-state index contributed by atoms with van der Waals surface area (Å²) in [5.41, 5.74) is 1.38. The van der Waals surface area contributed by atoms with Crippen LogP contribution in [0.4, 0.5) is 4.39 Å². The lowest BCUT2D eigenvalue weighted by atomic mass is 10.1. The van der Waals surface area contributed by atoms with Crippen LogP contribution in [0.1, 0.15) is 11.1 Å². The smallest absolute Gasteiger partial charge is 0.243 e. The van der Waals surface area contributed by atoms with E-state index in [-0.39, 0.29) is 35.8 Å². The largest absolute Gasteiger partial charge is 0.379 e. The number of nitrogens with one attached hydrogen (secondary N) is 2. The zero-order chi connectivity index (χ0) is 27.2. The Kier molecular flexibility index (Phi) is 8.90. The van der Waals surface area contributed by atoms with Crippen LogP contribution in [-0.2, 0) is 42.5 Å². The Hall–Kier alpha value is -3.16. The summed E-state index contributed by atoms with van der Waals surface area (Å²) in [5.74, 6) is -1.14. The number of nitrogens with zero attached hydrogens (tertiary/aromatic N) is 1. The first-order valence-electron chi connectivity index (χ1n) is 11.9. The molecule has 9 nitrogen and oxygen atoms in total. The highest BCUT2D eigenvalue weighted by molar-refractivity contribution is 7.89. The highest BCUT2D eigenvalue weighted by Crippen LogP contribution is 2.18. The van der Waals surface area contributed by atoms with Crippen molar-refractivity contribution < 1.29 is 30.8 Å². The number of morpholine rings is 1. The number of hydrogen-bond donors (Lipinski definition) is 2. The number of benzene rings is 3. The Morgan fingerprint density at radius 3 is 2.08 bits per heavy atom. The van der Waals surface area contributed by atoms with Gasteiger partial charge in [-0.15, -0.1) is 0 Å². The van der Waals surface area contributed by atoms with E-state index in [0.29, 0.717) is 18.8 Å². The maximum Gasteiger partial charge on any atom is 0.243 e. The molecule has 1 aliphatic heterocycles. The van der Waals surface area contributed by atoms with Gasteiger partial charge in [-0.1, -0.05) is 42.5 Å². The molecular weight excluding hydrogens is 533 g/mol. The minimum atomic E-state index is -4.11. The summed E-state index contributed by atoms with van der Waals surface area (Å²) in [4.78, 5) is 13.1. The van der Waals surface area contributed by atoms with E-state index in [4.69, 9.17) is 4.74 Å². The molecule has 1 amide bonds. The summed E-state index contributed by atoms with van der Waals surface area (Å²) in [6.45, 7) is 1.32. The number of rotatable bonds is 10. The van der Waals surface area contributed by atoms with Crippen LogP contribution in [0.3, 0.4) is 0 Å². The van der Waals surface area contributed by atoms with E-state index in [1.807, 2.05) is 6.07 Å². The van der Waals surface area contributed by atoms with E-state index in [1.54, 1.807) is 36.4 Å². The Bertz CT molecular complexity index is 1440. The first-order valence-corrected chi connectivity index (χ1v) is 14.8. The first kappa shape index (κ1) is 27.9. The highest BCUT2D eigenvalue weighted by Gasteiger charge is 2.27. The van der Waals surface area contributed by atoms with Gasteiger partial charge in [0.05, 0.1) is 23.0 Å². The summed E-state index contributed by atoms with van der Waals surface area (Å²) < 4.78 is 73.7. The lowest BCUT2D eigenvalue weighted by Gasteiger charge is -2.26. The third kappa shape index (κ3) is 7.03. The van der Waals surface area contributed by atoms with Crippen LogP contribution >= 0.6 is 0 Å². The second-order valence-corrected chi connectivity index (χ2v) is 12.3. The van der Waals surface area contributed by atoms with Gasteiger partial charge < -0.3 is 10.1 Å². The van der Waals surface area contributed by atoms with Gasteiger partial charge in [0.25, 0.3) is 0 Å². The van der Waals surface area contributed by atoms with Crippen molar-refractivity contribution in [3.63, 3.8) is 0 Å². The Balaban J connectivity index is 1.45. The van der Waals surface area contributed by atoms with Crippen LogP contribution in [0.5, 0.6) is 0 Å². The van der Waals surface area contributed by atoms with Gasteiger partial charge in [0, 0.05) is 19.6 Å². The van der Waals surface area contributed by atoms with Crippen LogP contribution < -0.4 is 10.0 Å². The van der Waals surface area contributed by atoms with E-state index in [0.717, 1.165) is 29.8 Å². The minimum Gasteiger partial charge on any atom is -0.379 e. The highest BCUT2D eigenvalue weighted by atomic mass is 32.2. The van der Waals surface area contributed by atoms with E-state index >= 15 is 0 Å². The van der Waals surface area contributed by atoms with Crippen molar-refractivity contribution in [1.29, 1.82) is 0 Å². The molecule has 12 heteroatoms. The Labute approximate surface area is 221 Å². The molecule has 202 valence electrons. The number of hydrogen-bond acceptors (Lipinski definition) is 6. The van der Waals surface area contributed by atoms with Crippen molar-refractivity contribution >= 4 is 26.0 Å². The third-order valence-electron chi connectivity index (χ3n) is 6.02. The second-order valence-electron chi connectivity index (χ2n) is 8.70. The van der Waals surface area contributed by atoms with Gasteiger partial charge in [0.15, 0.2) is 0 Å². The molecule has 0 bridgehead atoms. The van der Waals surface area contributed by atoms with Crippen LogP contribution in [-0.4, -0.2) is 59.4 Å². The molecule has 0 radical (unpaired) electrons. The second kappa shape index (κ2) is 12.1. The molecule has 0 saturated carbocycles. The summed E-state index contributed by atoms with van der Waals surface area (Å²) >= 11 is 0. The molecule has 1 fully saturated rings. The third-order valence-corrected chi connectivity index (χ3v) is 9.42. The zero-order valence-corrected chi connectivity index (χ0v) is 22.0. The van der Waals surface area contributed by atoms with E-state index in [9.17, 15) is 26.0 Å². The lowest BCUT2D eigenvalue weighted by Crippen LogP contribution is -2.47. The number of ether oxygens (including phenoxy) is 1. The van der Waals surface area contributed by atoms with Gasteiger partial charge in [0.1, 0.15) is 11.9 Å². The van der Waals surface area contributed by atoms with Crippen molar-refractivity contribution in [3.8, 4) is 0 Å². The number of carbonyl (C=O) groups is 1. The summed E-state index contributed by atoms with van der Waals surface area (Å²) in [7, 11) is -7.76. The van der Waals surface area contributed by atoms with E-state index < -0.39 is 37.8 Å². The van der Waals surface area contributed by atoms with Gasteiger partial charge in [-0.05, 0) is 53.9 Å². The number of sulfonamides is 2. The molecule has 4 rings (SSSR count). The van der Waals surface area contributed by atoms with Crippen molar-refractivity contribution in [2.45, 2.75) is 28.8 Å². The molecule has 38 heavy (non-hydrogen) atoms. The molecule has 3 aromatic rings. The fraction of sp³-hybridized carbons (Fsp3) is 0.269. The van der Waals surface area contributed by atoms with Crippen molar-refractivity contribution in [2.75, 3.05) is 26.3 Å². The average Bonchev–Trinajstić information content (AvgIpc) is 2.93. The van der Waals surface area contributed by atoms with Crippen LogP contribution in [0, 0.1) is 5.82 Å². The van der Waals surface area contributed by atoms with Gasteiger partial charge in [-0.2, -0.15) is 9.03 Å². The number of carbonyl (C=O) groups excluding carboxylic acids is 1. The van der Waals surface area contributed by atoms with Gasteiger partial charge >= 0.3 is 0 Å². The van der Waals surface area contributed by atoms with Crippen LogP contribution in [0.25, 0.3) is 0 Å². The average molecular weight is 562 g/mol. The summed E-state index contributed by atoms with van der Waals surface area (Å²) in [6, 6.07) is 18.3. The topological polar surface area (TPSA) is 122 Å². The Morgan fingerprint density at radius 2 is 1.45 bits per heavy atom. The number of halogens is 1. The fourth-order valence-corrected chi connectivity index (χ4v) is 6.54. The standard InChI is InChI=1S/C26H28FN3O6S2/c27-22-8-12-23(13-9-22)37(32,33)29-25(18-20-4-2-1-3-5-20)26(31)28-19-21-6-10-24(11-7-21)38(34,35)30-14-16-36-17-15-30/h1-13,25,29H,14-19H2,(H,28,31)/t25-/m1/s1. The monoisotopic (exact) mass is 561 g/mol. The Morgan fingerprint density at radius 1 is 0.842 bits per heavy atom. The molecule has 0 unspecified atom stereocenters. The molecule has 1 saturated heterocycles. The predicted molar refractivity (Wildman–Crippen MR) is 139 cm³/mol. The number of amides is 1. The predicted octanol–water partition coefficient (Wildman–Crippen LogP) is 2.05. The van der Waals surface area contributed by atoms with Crippen molar-refractivity contribution in [1.82, 2.24) is 14.3 Å². The molecular formula is C26H28FN3O6S2. The zero-order valence-electron chi connectivity index (χ0n) is 20.4. The summed E-state index contributed by atoms with van der Waals surface area (Å²) in [6.07, 6.45) is 0.0871. The van der Waals surface area contributed by atoms with E-state index in [2.05, 4.69) is 10.0 Å². The molecule has 1 heterocycles. The van der Waals surface area contributed by atoms with Gasteiger partial charge in [-0.3, -0.25) is 4.79 Å². The maximum absolute atomic E-state index is 13.3. The van der Waals surface area contributed by atoms with Gasteiger partial charge in [-0.25, -0.2) is 21.2 Å². The van der Waals surface area contributed by atoms with E-state index in [1.165, 1.54) is 16.4 Å². The minimum absolute atomic E-state index is 0.0558. The fourth-order valence-electron chi connectivity index (χ4n) is 3.93. The van der Waals surface area contributed by atoms with Crippen LogP contribution in [0.2, 0.25) is 0 Å². The van der Waals surface area contributed by atoms with Gasteiger partial charge in [0.2, 0.25) is 26.0 Å². The SMILES string of the molecule is O=C(NCc1ccc(S(=O)(=O)N2CCOCC2)cc1)[C@@H](Cc1ccccc1)NS(=O)(=O)c1ccc(F)cc1. The molecule has 0 aromatic heterocycles. The summed E-state index contributed by atoms with van der Waals surface area (Å²) in [5, 5.41) is 2.72. The maximum atomic E-state index is 13.3. The molecule has 2 N–H and O–H groups in total.